The van der Waals surface area contributed by atoms with E-state index in [0.29, 0.717) is 6.42 Å². The fourth-order valence-electron chi connectivity index (χ4n) is 6.84. The lowest BCUT2D eigenvalue weighted by molar-refractivity contribution is -0.303. The van der Waals surface area contributed by atoms with Crippen LogP contribution < -0.4 is 5.32 Å². The Morgan fingerprint density at radius 3 is 1.48 bits per heavy atom. The summed E-state index contributed by atoms with van der Waals surface area (Å²) in [4.78, 5) is 12.9. The lowest BCUT2D eigenvalue weighted by Gasteiger charge is -2.40. The zero-order valence-electron chi connectivity index (χ0n) is 32.0. The molecule has 8 atom stereocenters. The number of aliphatic hydroxyl groups is 6. The Morgan fingerprint density at radius 1 is 0.620 bits per heavy atom. The first-order valence-electron chi connectivity index (χ1n) is 20.8. The van der Waals surface area contributed by atoms with Crippen molar-refractivity contribution in [2.75, 3.05) is 13.2 Å². The van der Waals surface area contributed by atoms with Gasteiger partial charge in [0.1, 0.15) is 30.5 Å². The van der Waals surface area contributed by atoms with E-state index in [9.17, 15) is 35.4 Å². The highest BCUT2D eigenvalue weighted by molar-refractivity contribution is 5.76. The van der Waals surface area contributed by atoms with E-state index in [1.165, 1.54) is 116 Å². The molecule has 1 saturated heterocycles. The van der Waals surface area contributed by atoms with Crippen molar-refractivity contribution in [2.45, 2.75) is 236 Å². The van der Waals surface area contributed by atoms with Crippen molar-refractivity contribution < 1.29 is 44.9 Å². The van der Waals surface area contributed by atoms with E-state index in [0.717, 1.165) is 44.9 Å². The van der Waals surface area contributed by atoms with E-state index >= 15 is 0 Å². The number of carbonyl (C=O) groups is 1. The average Bonchev–Trinajstić information content (AvgIpc) is 3.11. The largest absolute Gasteiger partial charge is 0.394 e. The monoisotopic (exact) mass is 718 g/mol. The molecule has 10 heteroatoms. The third-order valence-corrected chi connectivity index (χ3v) is 10.3. The molecule has 0 aromatic rings. The number of hydrogen-bond acceptors (Lipinski definition) is 9. The molecule has 1 heterocycles. The highest BCUT2D eigenvalue weighted by Gasteiger charge is 2.44. The molecule has 0 aromatic heterocycles. The SMILES string of the molecule is CCCCCCCCCCCCCCCC(=O)N[C@@H](CO[C@@H]1O[C@H](CO)[C@@H](O)C(O)C1O)[C@H](O)[C@H](O)CCCCCCCCCCCCCC. The van der Waals surface area contributed by atoms with Crippen LogP contribution in [0, 0.1) is 0 Å². The van der Waals surface area contributed by atoms with Crippen LogP contribution in [0.15, 0.2) is 0 Å². The van der Waals surface area contributed by atoms with E-state index < -0.39 is 55.6 Å². The summed E-state index contributed by atoms with van der Waals surface area (Å²) in [7, 11) is 0. The predicted molar refractivity (Wildman–Crippen MR) is 200 cm³/mol. The van der Waals surface area contributed by atoms with Gasteiger partial charge in [-0.15, -0.1) is 0 Å². The van der Waals surface area contributed by atoms with E-state index in [2.05, 4.69) is 19.2 Å². The molecule has 0 aromatic carbocycles. The Morgan fingerprint density at radius 2 is 1.04 bits per heavy atom. The molecule has 10 nitrogen and oxygen atoms in total. The van der Waals surface area contributed by atoms with Crippen molar-refractivity contribution in [1.29, 1.82) is 0 Å². The number of hydrogen-bond donors (Lipinski definition) is 7. The minimum Gasteiger partial charge on any atom is -0.394 e. The molecule has 298 valence electrons. The van der Waals surface area contributed by atoms with Crippen molar-refractivity contribution >= 4 is 5.91 Å². The van der Waals surface area contributed by atoms with Crippen molar-refractivity contribution in [3.63, 3.8) is 0 Å². The number of nitrogens with one attached hydrogen (secondary N) is 1. The maximum atomic E-state index is 12.9. The summed E-state index contributed by atoms with van der Waals surface area (Å²) < 4.78 is 11.1. The van der Waals surface area contributed by atoms with Crippen LogP contribution in [-0.2, 0) is 14.3 Å². The van der Waals surface area contributed by atoms with Crippen LogP contribution in [0.25, 0.3) is 0 Å². The molecule has 50 heavy (non-hydrogen) atoms. The number of amides is 1. The first kappa shape index (κ1) is 47.2. The third kappa shape index (κ3) is 22.3. The first-order chi connectivity index (χ1) is 24.3. The summed E-state index contributed by atoms with van der Waals surface area (Å²) in [6.07, 6.45) is 21.1. The fraction of sp³-hybridized carbons (Fsp3) is 0.975. The topological polar surface area (TPSA) is 169 Å². The molecule has 2 unspecified atom stereocenters. The maximum absolute atomic E-state index is 12.9. The molecule has 0 bridgehead atoms. The van der Waals surface area contributed by atoms with Crippen LogP contribution in [-0.4, -0.2) is 98.7 Å². The molecule has 0 spiro atoms. The van der Waals surface area contributed by atoms with Gasteiger partial charge in [-0.2, -0.15) is 0 Å². The molecule has 1 amide bonds. The first-order valence-corrected chi connectivity index (χ1v) is 20.8. The summed E-state index contributed by atoms with van der Waals surface area (Å²) >= 11 is 0. The fourth-order valence-corrected chi connectivity index (χ4v) is 6.84. The Kier molecular flexibility index (Phi) is 29.9. The molecular formula is C40H79NO9. The second-order valence-electron chi connectivity index (χ2n) is 14.9. The predicted octanol–water partition coefficient (Wildman–Crippen LogP) is 6.58. The number of unbranched alkanes of at least 4 members (excludes halogenated alkanes) is 23. The molecule has 1 fully saturated rings. The van der Waals surface area contributed by atoms with E-state index in [1.807, 2.05) is 0 Å². The van der Waals surface area contributed by atoms with E-state index in [-0.39, 0.29) is 18.9 Å². The number of carbonyl (C=O) groups excluding carboxylic acids is 1. The standard InChI is InChI=1S/C40H79NO9/c1-3-5-7-9-11-13-15-17-19-21-23-25-27-29-35(44)41-32(31-49-40-39(48)38(47)37(46)34(30-42)50-40)36(45)33(43)28-26-24-22-20-18-16-14-12-10-8-6-4-2/h32-34,36-40,42-43,45-48H,3-31H2,1-2H3,(H,41,44)/t32-,33+,34+,36-,37+,38?,39?,40+/m0/s1. The lowest BCUT2D eigenvalue weighted by atomic mass is 9.98. The van der Waals surface area contributed by atoms with Crippen LogP contribution in [0.3, 0.4) is 0 Å². The normalized spacial score (nSPS) is 22.8. The van der Waals surface area contributed by atoms with Crippen molar-refractivity contribution in [1.82, 2.24) is 5.32 Å². The van der Waals surface area contributed by atoms with E-state index in [4.69, 9.17) is 9.47 Å². The summed E-state index contributed by atoms with van der Waals surface area (Å²) in [5.41, 5.74) is 0. The highest BCUT2D eigenvalue weighted by Crippen LogP contribution is 2.23. The van der Waals surface area contributed by atoms with Gasteiger partial charge in [-0.3, -0.25) is 4.79 Å². The van der Waals surface area contributed by atoms with Gasteiger partial charge in [0.15, 0.2) is 6.29 Å². The van der Waals surface area contributed by atoms with Crippen LogP contribution in [0.2, 0.25) is 0 Å². The Bertz CT molecular complexity index is 773. The average molecular weight is 718 g/mol. The van der Waals surface area contributed by atoms with Gasteiger partial charge < -0.3 is 45.4 Å². The summed E-state index contributed by atoms with van der Waals surface area (Å²) in [6, 6.07) is -0.982. The zero-order chi connectivity index (χ0) is 36.8. The molecule has 0 radical (unpaired) electrons. The Balaban J connectivity index is 2.46. The number of aliphatic hydroxyl groups excluding tert-OH is 6. The smallest absolute Gasteiger partial charge is 0.220 e. The van der Waals surface area contributed by atoms with Gasteiger partial charge in [0, 0.05) is 6.42 Å². The minimum absolute atomic E-state index is 0.257. The molecule has 1 aliphatic heterocycles. The quantitative estimate of drug-likeness (QED) is 0.0364. The number of rotatable bonds is 34. The highest BCUT2D eigenvalue weighted by atomic mass is 16.7. The Labute approximate surface area is 305 Å². The summed E-state index contributed by atoms with van der Waals surface area (Å²) in [5, 5.41) is 64.9. The van der Waals surface area contributed by atoms with Crippen LogP contribution in [0.1, 0.15) is 187 Å². The molecule has 1 aliphatic rings. The zero-order valence-corrected chi connectivity index (χ0v) is 32.0. The van der Waals surface area contributed by atoms with E-state index in [1.54, 1.807) is 0 Å². The van der Waals surface area contributed by atoms with Gasteiger partial charge in [0.2, 0.25) is 5.91 Å². The van der Waals surface area contributed by atoms with Gasteiger partial charge in [0.05, 0.1) is 25.4 Å². The van der Waals surface area contributed by atoms with Gasteiger partial charge in [-0.25, -0.2) is 0 Å². The van der Waals surface area contributed by atoms with Crippen LogP contribution >= 0.6 is 0 Å². The van der Waals surface area contributed by atoms with Gasteiger partial charge in [0.25, 0.3) is 0 Å². The molecular weight excluding hydrogens is 638 g/mol. The third-order valence-electron chi connectivity index (χ3n) is 10.3. The second kappa shape index (κ2) is 31.7. The van der Waals surface area contributed by atoms with Gasteiger partial charge in [-0.1, -0.05) is 168 Å². The maximum Gasteiger partial charge on any atom is 0.220 e. The molecule has 7 N–H and O–H groups in total. The van der Waals surface area contributed by atoms with Crippen molar-refractivity contribution in [2.24, 2.45) is 0 Å². The lowest BCUT2D eigenvalue weighted by Crippen LogP contribution is -2.60. The summed E-state index contributed by atoms with van der Waals surface area (Å²) in [5.74, 6) is -0.257. The van der Waals surface area contributed by atoms with Gasteiger partial charge in [-0.05, 0) is 12.8 Å². The second-order valence-corrected chi connectivity index (χ2v) is 14.9. The molecule has 1 rings (SSSR count). The minimum atomic E-state index is -1.60. The van der Waals surface area contributed by atoms with Crippen molar-refractivity contribution in [3.8, 4) is 0 Å². The van der Waals surface area contributed by atoms with Crippen LogP contribution in [0.5, 0.6) is 0 Å². The molecule has 0 saturated carbocycles. The summed E-state index contributed by atoms with van der Waals surface area (Å²) in [6.45, 7) is 3.58. The van der Waals surface area contributed by atoms with Crippen molar-refractivity contribution in [3.05, 3.63) is 0 Å². The molecule has 0 aliphatic carbocycles. The Hall–Kier alpha value is -0.850. The van der Waals surface area contributed by atoms with Crippen LogP contribution in [0.4, 0.5) is 0 Å². The number of ether oxygens (including phenoxy) is 2. The van der Waals surface area contributed by atoms with Gasteiger partial charge >= 0.3 is 0 Å².